The topological polar surface area (TPSA) is 116 Å². The van der Waals surface area contributed by atoms with Gasteiger partial charge in [0.05, 0.1) is 18.6 Å². The van der Waals surface area contributed by atoms with Crippen molar-refractivity contribution < 1.29 is 37.3 Å². The molecular formula is C24H28O8S. The molecule has 0 aliphatic carbocycles. The Morgan fingerprint density at radius 1 is 0.970 bits per heavy atom. The molecule has 1 aliphatic rings. The van der Waals surface area contributed by atoms with E-state index in [1.807, 2.05) is 0 Å². The van der Waals surface area contributed by atoms with Gasteiger partial charge in [0.25, 0.3) is 0 Å². The molecule has 0 amide bonds. The van der Waals surface area contributed by atoms with Crippen molar-refractivity contribution in [3.8, 4) is 11.5 Å². The lowest BCUT2D eigenvalue weighted by molar-refractivity contribution is -0.142. The number of ether oxygens (including phenoxy) is 3. The van der Waals surface area contributed by atoms with Crippen molar-refractivity contribution in [2.24, 2.45) is 0 Å². The zero-order valence-electron chi connectivity index (χ0n) is 18.5. The van der Waals surface area contributed by atoms with Crippen LogP contribution in [0, 0.1) is 0 Å². The van der Waals surface area contributed by atoms with Gasteiger partial charge in [-0.25, -0.2) is 8.42 Å². The number of benzene rings is 2. The third-order valence-corrected chi connectivity index (χ3v) is 8.32. The second kappa shape index (κ2) is 10.8. The van der Waals surface area contributed by atoms with Crippen molar-refractivity contribution in [2.45, 2.75) is 41.7 Å². The highest BCUT2D eigenvalue weighted by atomic mass is 32.2. The van der Waals surface area contributed by atoms with E-state index in [0.717, 1.165) is 0 Å². The standard InChI is InChI=1S/C24H28O8S/c1-30-19-7-5-18(6-8-19)22(25)4-2-3-15-32-20-9-11-21(12-10-20)33(28,29)24(23(26)27)13-16-31-17-14-24/h5-12H,2-4,13-17H2,1H3,(H,26,27). The first-order valence-electron chi connectivity index (χ1n) is 10.8. The number of hydrogen-bond acceptors (Lipinski definition) is 7. The van der Waals surface area contributed by atoms with Gasteiger partial charge >= 0.3 is 5.97 Å². The molecule has 0 saturated carbocycles. The summed E-state index contributed by atoms with van der Waals surface area (Å²) < 4.78 is 40.2. The van der Waals surface area contributed by atoms with Crippen LogP contribution in [0.4, 0.5) is 0 Å². The predicted octanol–water partition coefficient (Wildman–Crippen LogP) is 3.53. The first-order chi connectivity index (χ1) is 15.8. The van der Waals surface area contributed by atoms with Crippen molar-refractivity contribution in [1.82, 2.24) is 0 Å². The van der Waals surface area contributed by atoms with Crippen LogP contribution in [0.2, 0.25) is 0 Å². The highest BCUT2D eigenvalue weighted by Gasteiger charge is 2.52. The average Bonchev–Trinajstić information content (AvgIpc) is 2.84. The number of carboxylic acid groups (broad SMARTS) is 1. The van der Waals surface area contributed by atoms with E-state index in [1.54, 1.807) is 31.4 Å². The largest absolute Gasteiger partial charge is 0.497 e. The summed E-state index contributed by atoms with van der Waals surface area (Å²) in [5.74, 6) is -0.126. The molecule has 0 atom stereocenters. The van der Waals surface area contributed by atoms with Crippen molar-refractivity contribution >= 4 is 21.6 Å². The summed E-state index contributed by atoms with van der Waals surface area (Å²) in [4.78, 5) is 24.0. The Morgan fingerprint density at radius 3 is 2.15 bits per heavy atom. The van der Waals surface area contributed by atoms with Gasteiger partial charge in [-0.3, -0.25) is 9.59 Å². The Kier molecular flexibility index (Phi) is 8.10. The van der Waals surface area contributed by atoms with Gasteiger partial charge in [0.2, 0.25) is 0 Å². The van der Waals surface area contributed by atoms with Gasteiger partial charge in [0.1, 0.15) is 11.5 Å². The second-order valence-electron chi connectivity index (χ2n) is 7.84. The van der Waals surface area contributed by atoms with Crippen LogP contribution in [0.15, 0.2) is 53.4 Å². The number of carboxylic acids is 1. The zero-order valence-corrected chi connectivity index (χ0v) is 19.3. The van der Waals surface area contributed by atoms with E-state index in [-0.39, 0.29) is 36.7 Å². The van der Waals surface area contributed by atoms with Crippen LogP contribution in [0.1, 0.15) is 42.5 Å². The Morgan fingerprint density at radius 2 is 1.58 bits per heavy atom. The molecule has 3 rings (SSSR count). The normalized spacial score (nSPS) is 15.5. The molecule has 2 aromatic carbocycles. The second-order valence-corrected chi connectivity index (χ2v) is 10.1. The Balaban J connectivity index is 1.50. The molecule has 178 valence electrons. The SMILES string of the molecule is COc1ccc(C(=O)CCCCOc2ccc(S(=O)(=O)C3(C(=O)O)CCOCC3)cc2)cc1. The lowest BCUT2D eigenvalue weighted by Gasteiger charge is -2.32. The average molecular weight is 477 g/mol. The third-order valence-electron chi connectivity index (χ3n) is 5.82. The van der Waals surface area contributed by atoms with Crippen LogP contribution in [-0.4, -0.2) is 57.0 Å². The van der Waals surface area contributed by atoms with E-state index in [2.05, 4.69) is 0 Å². The van der Waals surface area contributed by atoms with Crippen molar-refractivity contribution in [3.05, 3.63) is 54.1 Å². The first-order valence-corrected chi connectivity index (χ1v) is 12.2. The minimum absolute atomic E-state index is 0.0488. The summed E-state index contributed by atoms with van der Waals surface area (Å²) in [6.45, 7) is 0.555. The monoisotopic (exact) mass is 476 g/mol. The fourth-order valence-electron chi connectivity index (χ4n) is 3.74. The van der Waals surface area contributed by atoms with E-state index >= 15 is 0 Å². The Bertz CT molecular complexity index is 1050. The van der Waals surface area contributed by atoms with Crippen LogP contribution in [-0.2, 0) is 19.4 Å². The maximum absolute atomic E-state index is 13.1. The number of sulfone groups is 1. The summed E-state index contributed by atoms with van der Waals surface area (Å²) in [6.07, 6.45) is 1.54. The van der Waals surface area contributed by atoms with Crippen LogP contribution >= 0.6 is 0 Å². The number of rotatable bonds is 11. The van der Waals surface area contributed by atoms with Gasteiger partial charge in [0, 0.05) is 38.0 Å². The highest BCUT2D eigenvalue weighted by molar-refractivity contribution is 7.93. The summed E-state index contributed by atoms with van der Waals surface area (Å²) in [7, 11) is -2.52. The minimum atomic E-state index is -4.09. The van der Waals surface area contributed by atoms with Gasteiger partial charge in [-0.1, -0.05) is 0 Å². The molecular weight excluding hydrogens is 448 g/mol. The molecule has 1 fully saturated rings. The zero-order chi connectivity index (χ0) is 23.9. The molecule has 8 nitrogen and oxygen atoms in total. The summed E-state index contributed by atoms with van der Waals surface area (Å²) in [5.41, 5.74) is 0.636. The molecule has 0 bridgehead atoms. The smallest absolute Gasteiger partial charge is 0.325 e. The molecule has 1 aliphatic heterocycles. The van der Waals surface area contributed by atoms with Gasteiger partial charge in [-0.05, 0) is 61.4 Å². The molecule has 0 spiro atoms. The van der Waals surface area contributed by atoms with Crippen molar-refractivity contribution in [1.29, 1.82) is 0 Å². The van der Waals surface area contributed by atoms with Crippen LogP contribution in [0.25, 0.3) is 0 Å². The molecule has 1 saturated heterocycles. The molecule has 0 radical (unpaired) electrons. The predicted molar refractivity (Wildman–Crippen MR) is 121 cm³/mol. The fourth-order valence-corrected chi connectivity index (χ4v) is 5.62. The quantitative estimate of drug-likeness (QED) is 0.387. The maximum Gasteiger partial charge on any atom is 0.325 e. The Hall–Kier alpha value is -2.91. The first kappa shape index (κ1) is 24.7. The molecule has 0 aromatic heterocycles. The fraction of sp³-hybridized carbons (Fsp3) is 0.417. The summed E-state index contributed by atoms with van der Waals surface area (Å²) in [6, 6.07) is 12.8. The van der Waals surface area contributed by atoms with Crippen molar-refractivity contribution in [3.63, 3.8) is 0 Å². The summed E-state index contributed by atoms with van der Waals surface area (Å²) in [5, 5.41) is 9.65. The van der Waals surface area contributed by atoms with E-state index < -0.39 is 20.6 Å². The number of carbonyl (C=O) groups excluding carboxylic acids is 1. The molecule has 2 aromatic rings. The maximum atomic E-state index is 13.1. The number of methoxy groups -OCH3 is 1. The van der Waals surface area contributed by atoms with E-state index in [4.69, 9.17) is 14.2 Å². The lowest BCUT2D eigenvalue weighted by atomic mass is 9.99. The van der Waals surface area contributed by atoms with Crippen LogP contribution < -0.4 is 9.47 Å². The van der Waals surface area contributed by atoms with Crippen LogP contribution in [0.5, 0.6) is 11.5 Å². The highest BCUT2D eigenvalue weighted by Crippen LogP contribution is 2.35. The van der Waals surface area contributed by atoms with E-state index in [9.17, 15) is 23.1 Å². The summed E-state index contributed by atoms with van der Waals surface area (Å²) >= 11 is 0. The number of ketones is 1. The van der Waals surface area contributed by atoms with Gasteiger partial charge in [0.15, 0.2) is 20.4 Å². The molecule has 1 N–H and O–H groups in total. The molecule has 33 heavy (non-hydrogen) atoms. The number of carbonyl (C=O) groups is 2. The Labute approximate surface area is 193 Å². The minimum Gasteiger partial charge on any atom is -0.497 e. The van der Waals surface area contributed by atoms with Crippen molar-refractivity contribution in [2.75, 3.05) is 26.9 Å². The number of hydrogen-bond donors (Lipinski definition) is 1. The third kappa shape index (κ3) is 5.54. The number of aliphatic carboxylic acids is 1. The number of unbranched alkanes of at least 4 members (excludes halogenated alkanes) is 1. The lowest BCUT2D eigenvalue weighted by Crippen LogP contribution is -2.50. The van der Waals surface area contributed by atoms with Gasteiger partial charge in [-0.15, -0.1) is 0 Å². The van der Waals surface area contributed by atoms with E-state index in [1.165, 1.54) is 24.3 Å². The number of Topliss-reactive ketones (excluding diaryl/α,β-unsaturated/α-hetero) is 1. The molecule has 0 unspecified atom stereocenters. The van der Waals surface area contributed by atoms with Crippen LogP contribution in [0.3, 0.4) is 0 Å². The molecule has 9 heteroatoms. The van der Waals surface area contributed by atoms with E-state index in [0.29, 0.717) is 42.9 Å². The van der Waals surface area contributed by atoms with Gasteiger partial charge < -0.3 is 19.3 Å². The van der Waals surface area contributed by atoms with Gasteiger partial charge in [-0.2, -0.15) is 0 Å². The molecule has 1 heterocycles.